The number of nitrogens with zero attached hydrogens (tertiary/aromatic N) is 3. The van der Waals surface area contributed by atoms with Gasteiger partial charge in [-0.2, -0.15) is 4.31 Å². The number of aromatic nitrogens is 3. The number of rotatable bonds is 11. The smallest absolute Gasteiger partial charge is 0.235 e. The predicted octanol–water partition coefficient (Wildman–Crippen LogP) is 2.18. The van der Waals surface area contributed by atoms with Crippen LogP contribution in [0.1, 0.15) is 5.56 Å². The van der Waals surface area contributed by atoms with E-state index in [1.54, 1.807) is 0 Å². The molecule has 0 aliphatic rings. The highest BCUT2D eigenvalue weighted by Crippen LogP contribution is 2.18. The van der Waals surface area contributed by atoms with Crippen LogP contribution in [0.15, 0.2) is 65.8 Å². The monoisotopic (exact) mass is 459 g/mol. The molecule has 1 aromatic heterocycles. The first-order valence-electron chi connectivity index (χ1n) is 9.78. The van der Waals surface area contributed by atoms with Crippen molar-refractivity contribution in [2.24, 2.45) is 0 Å². The Labute approximate surface area is 186 Å². The maximum absolute atomic E-state index is 12.2. The molecule has 0 fully saturated rings. The largest absolute Gasteiger partial charge is 0.354 e. The summed E-state index contributed by atoms with van der Waals surface area (Å²) in [6.45, 7) is 0.439. The summed E-state index contributed by atoms with van der Waals surface area (Å²) in [7, 11) is -3.48. The average Bonchev–Trinajstić information content (AvgIpc) is 3.24. The van der Waals surface area contributed by atoms with Gasteiger partial charge in [0.25, 0.3) is 0 Å². The summed E-state index contributed by atoms with van der Waals surface area (Å²) in [5, 5.41) is 10.4. The maximum atomic E-state index is 12.2. The zero-order valence-electron chi connectivity index (χ0n) is 17.2. The molecule has 0 spiro atoms. The lowest BCUT2D eigenvalue weighted by atomic mass is 10.1. The normalized spacial score (nSPS) is 11.5. The standard InChI is InChI=1S/C21H25N5O3S2/c1-31(28,29)26(14-12-17-8-4-2-5-9-17)16-19(27)22-13-15-30-21-23-20(24-25-21)18-10-6-3-7-11-18/h2-11H,12-16H2,1H3,(H,22,27)(H,23,24,25). The minimum atomic E-state index is -3.48. The molecule has 1 amide bonds. The van der Waals surface area contributed by atoms with Crippen LogP contribution < -0.4 is 5.32 Å². The molecule has 8 nitrogen and oxygen atoms in total. The summed E-state index contributed by atoms with van der Waals surface area (Å²) in [6.07, 6.45) is 1.67. The fourth-order valence-electron chi connectivity index (χ4n) is 2.85. The third kappa shape index (κ3) is 7.50. The van der Waals surface area contributed by atoms with Gasteiger partial charge in [0.1, 0.15) is 0 Å². The second-order valence-corrected chi connectivity index (χ2v) is 9.91. The van der Waals surface area contributed by atoms with E-state index in [0.29, 0.717) is 29.7 Å². The van der Waals surface area contributed by atoms with Gasteiger partial charge in [0, 0.05) is 24.4 Å². The molecule has 2 N–H and O–H groups in total. The average molecular weight is 460 g/mol. The minimum Gasteiger partial charge on any atom is -0.354 e. The number of carbonyl (C=O) groups is 1. The minimum absolute atomic E-state index is 0.199. The number of thioether (sulfide) groups is 1. The zero-order chi connectivity index (χ0) is 22.1. The molecule has 0 radical (unpaired) electrons. The van der Waals surface area contributed by atoms with Crippen LogP contribution in [0.2, 0.25) is 0 Å². The molecule has 31 heavy (non-hydrogen) atoms. The Morgan fingerprint density at radius 1 is 1.10 bits per heavy atom. The van der Waals surface area contributed by atoms with Gasteiger partial charge in [-0.05, 0) is 12.0 Å². The van der Waals surface area contributed by atoms with Gasteiger partial charge >= 0.3 is 0 Å². The Hall–Kier alpha value is -2.69. The van der Waals surface area contributed by atoms with Crippen LogP contribution in [0.3, 0.4) is 0 Å². The molecule has 3 rings (SSSR count). The van der Waals surface area contributed by atoms with Gasteiger partial charge in [0.2, 0.25) is 21.1 Å². The Morgan fingerprint density at radius 3 is 2.45 bits per heavy atom. The summed E-state index contributed by atoms with van der Waals surface area (Å²) in [6, 6.07) is 19.3. The molecule has 10 heteroatoms. The summed E-state index contributed by atoms with van der Waals surface area (Å²) in [5.41, 5.74) is 1.97. The third-order valence-corrected chi connectivity index (χ3v) is 6.55. The molecule has 2 aromatic carbocycles. The van der Waals surface area contributed by atoms with Gasteiger partial charge < -0.3 is 5.32 Å². The Bertz CT molecular complexity index is 1070. The van der Waals surface area contributed by atoms with Crippen molar-refractivity contribution in [2.45, 2.75) is 11.6 Å². The number of hydrogen-bond donors (Lipinski definition) is 2. The highest BCUT2D eigenvalue weighted by atomic mass is 32.2. The predicted molar refractivity (Wildman–Crippen MR) is 122 cm³/mol. The van der Waals surface area contributed by atoms with Crippen LogP contribution in [0, 0.1) is 0 Å². The lowest BCUT2D eigenvalue weighted by Gasteiger charge is -2.19. The summed E-state index contributed by atoms with van der Waals surface area (Å²) >= 11 is 1.41. The Kier molecular flexibility index (Phi) is 8.21. The van der Waals surface area contributed by atoms with E-state index in [9.17, 15) is 13.2 Å². The van der Waals surface area contributed by atoms with Crippen molar-refractivity contribution >= 4 is 27.7 Å². The van der Waals surface area contributed by atoms with E-state index in [0.717, 1.165) is 17.4 Å². The van der Waals surface area contributed by atoms with Gasteiger partial charge in [0.05, 0.1) is 12.8 Å². The molecule has 0 saturated heterocycles. The fraction of sp³-hybridized carbons (Fsp3) is 0.286. The van der Waals surface area contributed by atoms with Crippen LogP contribution in [-0.2, 0) is 21.2 Å². The Morgan fingerprint density at radius 2 is 1.77 bits per heavy atom. The van der Waals surface area contributed by atoms with E-state index >= 15 is 0 Å². The van der Waals surface area contributed by atoms with Crippen LogP contribution >= 0.6 is 11.8 Å². The van der Waals surface area contributed by atoms with Crippen molar-refractivity contribution in [1.29, 1.82) is 0 Å². The molecular weight excluding hydrogens is 434 g/mol. The van der Waals surface area contributed by atoms with Crippen LogP contribution in [0.4, 0.5) is 0 Å². The SMILES string of the molecule is CS(=O)(=O)N(CCc1ccccc1)CC(=O)NCCSc1n[nH]c(-c2ccccc2)n1. The fourth-order valence-corrected chi connectivity index (χ4v) is 4.27. The molecule has 164 valence electrons. The first-order chi connectivity index (χ1) is 14.9. The van der Waals surface area contributed by atoms with Crippen LogP contribution in [-0.4, -0.2) is 65.5 Å². The quantitative estimate of drug-likeness (QED) is 0.336. The van der Waals surface area contributed by atoms with E-state index in [-0.39, 0.29) is 19.0 Å². The molecule has 1 heterocycles. The molecule has 3 aromatic rings. The number of hydrogen-bond acceptors (Lipinski definition) is 6. The molecule has 0 unspecified atom stereocenters. The second kappa shape index (κ2) is 11.1. The van der Waals surface area contributed by atoms with Crippen molar-refractivity contribution in [3.05, 3.63) is 66.2 Å². The third-order valence-electron chi connectivity index (χ3n) is 4.45. The number of benzene rings is 2. The van der Waals surface area contributed by atoms with E-state index in [1.165, 1.54) is 16.1 Å². The summed E-state index contributed by atoms with van der Waals surface area (Å²) < 4.78 is 25.3. The number of aromatic amines is 1. The van der Waals surface area contributed by atoms with Crippen molar-refractivity contribution in [2.75, 3.05) is 31.6 Å². The second-order valence-electron chi connectivity index (χ2n) is 6.86. The van der Waals surface area contributed by atoms with Crippen molar-refractivity contribution in [3.8, 4) is 11.4 Å². The lowest BCUT2D eigenvalue weighted by molar-refractivity contribution is -0.121. The highest BCUT2D eigenvalue weighted by Gasteiger charge is 2.19. The highest BCUT2D eigenvalue weighted by molar-refractivity contribution is 7.99. The van der Waals surface area contributed by atoms with E-state index in [4.69, 9.17) is 0 Å². The van der Waals surface area contributed by atoms with Crippen LogP contribution in [0.25, 0.3) is 11.4 Å². The molecule has 0 atom stereocenters. The number of sulfonamides is 1. The van der Waals surface area contributed by atoms with E-state index < -0.39 is 10.0 Å². The molecule has 0 aliphatic carbocycles. The van der Waals surface area contributed by atoms with Gasteiger partial charge in [0.15, 0.2) is 5.82 Å². The van der Waals surface area contributed by atoms with Gasteiger partial charge in [-0.3, -0.25) is 9.89 Å². The Balaban J connectivity index is 1.42. The van der Waals surface area contributed by atoms with Crippen molar-refractivity contribution in [1.82, 2.24) is 24.8 Å². The van der Waals surface area contributed by atoms with Gasteiger partial charge in [-0.15, -0.1) is 5.10 Å². The van der Waals surface area contributed by atoms with E-state index in [2.05, 4.69) is 20.5 Å². The topological polar surface area (TPSA) is 108 Å². The van der Waals surface area contributed by atoms with Crippen molar-refractivity contribution < 1.29 is 13.2 Å². The molecule has 0 aliphatic heterocycles. The first kappa shape index (κ1) is 23.0. The number of nitrogens with one attached hydrogen (secondary N) is 2. The summed E-state index contributed by atoms with van der Waals surface area (Å²) in [5.74, 6) is 0.925. The maximum Gasteiger partial charge on any atom is 0.235 e. The zero-order valence-corrected chi connectivity index (χ0v) is 18.8. The van der Waals surface area contributed by atoms with Gasteiger partial charge in [-0.25, -0.2) is 13.4 Å². The molecular formula is C21H25N5O3S2. The van der Waals surface area contributed by atoms with Crippen molar-refractivity contribution in [3.63, 3.8) is 0 Å². The van der Waals surface area contributed by atoms with E-state index in [1.807, 2.05) is 60.7 Å². The first-order valence-corrected chi connectivity index (χ1v) is 12.6. The molecule has 0 bridgehead atoms. The summed E-state index contributed by atoms with van der Waals surface area (Å²) in [4.78, 5) is 16.7. The number of carbonyl (C=O) groups excluding carboxylic acids is 1. The van der Waals surface area contributed by atoms with Gasteiger partial charge in [-0.1, -0.05) is 72.4 Å². The number of H-pyrrole nitrogens is 1. The number of amides is 1. The van der Waals surface area contributed by atoms with Crippen LogP contribution in [0.5, 0.6) is 0 Å². The molecule has 0 saturated carbocycles. The lowest BCUT2D eigenvalue weighted by Crippen LogP contribution is -2.41.